The molecule has 186 valence electrons. The smallest absolute Gasteiger partial charge is 0.226 e. The van der Waals surface area contributed by atoms with E-state index >= 15 is 0 Å². The Morgan fingerprint density at radius 1 is 1.43 bits per heavy atom. The van der Waals surface area contributed by atoms with E-state index in [0.717, 1.165) is 49.1 Å². The quantitative estimate of drug-likeness (QED) is 0.273. The number of carbonyl (C=O) groups is 1. The topological polar surface area (TPSA) is 83.8 Å². The van der Waals surface area contributed by atoms with Gasteiger partial charge in [-0.2, -0.15) is 0 Å². The van der Waals surface area contributed by atoms with Crippen LogP contribution < -0.4 is 5.32 Å². The number of nitrogens with zero attached hydrogens (tertiary/aromatic N) is 2. The number of aromatic nitrogens is 1. The Morgan fingerprint density at radius 2 is 2.29 bits per heavy atom. The lowest BCUT2D eigenvalue weighted by molar-refractivity contribution is -0.116. The predicted molar refractivity (Wildman–Crippen MR) is 140 cm³/mol. The van der Waals surface area contributed by atoms with Crippen LogP contribution in [0.2, 0.25) is 0 Å². The van der Waals surface area contributed by atoms with Crippen molar-refractivity contribution in [2.24, 2.45) is 28.3 Å². The van der Waals surface area contributed by atoms with Gasteiger partial charge < -0.3 is 15.3 Å². The van der Waals surface area contributed by atoms with Crippen molar-refractivity contribution in [3.63, 3.8) is 0 Å². The van der Waals surface area contributed by atoms with Gasteiger partial charge in [0.2, 0.25) is 5.91 Å². The molecule has 1 amide bonds. The van der Waals surface area contributed by atoms with Gasteiger partial charge in [0.1, 0.15) is 12.4 Å². The minimum Gasteiger partial charge on any atom is -0.508 e. The van der Waals surface area contributed by atoms with Crippen LogP contribution in [0.1, 0.15) is 67.4 Å². The molecule has 0 spiro atoms. The zero-order valence-corrected chi connectivity index (χ0v) is 21.4. The fraction of sp³-hybridized carbons (Fsp3) is 0.536. The van der Waals surface area contributed by atoms with Gasteiger partial charge in [0.05, 0.1) is 5.71 Å². The van der Waals surface area contributed by atoms with E-state index in [0.29, 0.717) is 47.6 Å². The largest absolute Gasteiger partial charge is 0.508 e. The van der Waals surface area contributed by atoms with Crippen LogP contribution in [0.4, 0.5) is 5.13 Å². The normalized spacial score (nSPS) is 30.3. The molecule has 1 aromatic heterocycles. The number of carbonyl (C=O) groups excluding carboxylic acids is 1. The number of anilines is 1. The average Bonchev–Trinajstić information content (AvgIpc) is 3.37. The second kappa shape index (κ2) is 9.76. The second-order valence-electron chi connectivity index (χ2n) is 10.6. The maximum Gasteiger partial charge on any atom is 0.226 e. The van der Waals surface area contributed by atoms with Crippen molar-refractivity contribution in [1.82, 2.24) is 4.98 Å². The number of fused-ring (bicyclic) bond motifs is 5. The van der Waals surface area contributed by atoms with Gasteiger partial charge >= 0.3 is 0 Å². The summed E-state index contributed by atoms with van der Waals surface area (Å²) >= 11 is 1.51. The third-order valence-electron chi connectivity index (χ3n) is 8.56. The Morgan fingerprint density at radius 3 is 3.06 bits per heavy atom. The summed E-state index contributed by atoms with van der Waals surface area (Å²) in [4.78, 5) is 23.7. The zero-order valence-electron chi connectivity index (χ0n) is 20.6. The molecular formula is C28H35N3O3S. The van der Waals surface area contributed by atoms with Gasteiger partial charge in [-0.25, -0.2) is 4.98 Å². The van der Waals surface area contributed by atoms with E-state index in [2.05, 4.69) is 35.0 Å². The lowest BCUT2D eigenvalue weighted by atomic mass is 9.54. The van der Waals surface area contributed by atoms with E-state index in [1.165, 1.54) is 22.5 Å². The van der Waals surface area contributed by atoms with Gasteiger partial charge in [-0.15, -0.1) is 11.3 Å². The molecule has 7 heteroatoms. The fourth-order valence-electron chi connectivity index (χ4n) is 7.14. The Hall–Kier alpha value is -2.67. The Bertz CT molecular complexity index is 1140. The predicted octanol–water partition coefficient (Wildman–Crippen LogP) is 6.22. The highest BCUT2D eigenvalue weighted by Gasteiger charge is 2.57. The Balaban J connectivity index is 1.38. The molecular weight excluding hydrogens is 458 g/mol. The van der Waals surface area contributed by atoms with Crippen molar-refractivity contribution >= 4 is 28.1 Å². The lowest BCUT2D eigenvalue weighted by Crippen LogP contribution is -2.44. The SMILES string of the molecule is C=CCO/N=C1\C[C@@H](CCC(=O)Nc2ncc(C)s2)C2C3CCc4cc(O)ccc4C3CC[C@]12C. The first-order valence-corrected chi connectivity index (χ1v) is 13.5. The first kappa shape index (κ1) is 24.0. The second-order valence-corrected chi connectivity index (χ2v) is 11.9. The summed E-state index contributed by atoms with van der Waals surface area (Å²) in [5.74, 6) is 2.29. The van der Waals surface area contributed by atoms with Crippen LogP contribution in [0.25, 0.3) is 0 Å². The van der Waals surface area contributed by atoms with Crippen LogP contribution in [-0.2, 0) is 16.1 Å². The molecule has 1 heterocycles. The van der Waals surface area contributed by atoms with Crippen molar-refractivity contribution in [2.45, 2.75) is 64.7 Å². The number of amides is 1. The number of phenols is 1. The first-order valence-electron chi connectivity index (χ1n) is 12.7. The maximum atomic E-state index is 12.8. The number of hydrogen-bond acceptors (Lipinski definition) is 6. The molecule has 3 aliphatic rings. The van der Waals surface area contributed by atoms with Crippen LogP contribution in [-0.4, -0.2) is 28.3 Å². The van der Waals surface area contributed by atoms with Crippen LogP contribution in [0, 0.1) is 30.1 Å². The fourth-order valence-corrected chi connectivity index (χ4v) is 7.82. The molecule has 0 saturated heterocycles. The van der Waals surface area contributed by atoms with E-state index in [4.69, 9.17) is 4.84 Å². The number of aromatic hydroxyl groups is 1. The van der Waals surface area contributed by atoms with E-state index in [-0.39, 0.29) is 11.3 Å². The van der Waals surface area contributed by atoms with Gasteiger partial charge in [0.25, 0.3) is 0 Å². The highest BCUT2D eigenvalue weighted by atomic mass is 32.1. The summed E-state index contributed by atoms with van der Waals surface area (Å²) in [6, 6.07) is 5.92. The van der Waals surface area contributed by atoms with Crippen LogP contribution >= 0.6 is 11.3 Å². The zero-order chi connectivity index (χ0) is 24.6. The molecule has 2 aromatic rings. The first-order chi connectivity index (χ1) is 16.9. The third kappa shape index (κ3) is 4.63. The standard InChI is InChI=1S/C28H35N3O3S/c1-4-13-34-31-24-15-19(6-10-25(33)30-27-29-16-17(2)35-27)26-23-8-5-18-14-20(32)7-9-21(18)22(23)11-12-28(24,26)3/h4,7,9,14,16,19,22-23,26,32H,1,5-6,8,10-13,15H2,2-3H3,(H,29,30,33)/b31-24+/t19-,22?,23?,26?,28-/m1/s1. The minimum atomic E-state index is -0.00960. The van der Waals surface area contributed by atoms with Gasteiger partial charge in [-0.05, 0) is 92.4 Å². The summed E-state index contributed by atoms with van der Waals surface area (Å²) < 4.78 is 0. The van der Waals surface area contributed by atoms with Crippen LogP contribution in [0.3, 0.4) is 0 Å². The number of aryl methyl sites for hydroxylation is 2. The molecule has 2 fully saturated rings. The van der Waals surface area contributed by atoms with Crippen molar-refractivity contribution < 1.29 is 14.7 Å². The number of hydrogen-bond donors (Lipinski definition) is 2. The van der Waals surface area contributed by atoms with E-state index < -0.39 is 0 Å². The van der Waals surface area contributed by atoms with Gasteiger partial charge in [-0.3, -0.25) is 4.79 Å². The summed E-state index contributed by atoms with van der Waals surface area (Å²) in [7, 11) is 0. The molecule has 5 rings (SSSR count). The monoisotopic (exact) mass is 493 g/mol. The summed E-state index contributed by atoms with van der Waals surface area (Å²) in [6.45, 7) is 8.52. The molecule has 0 radical (unpaired) electrons. The molecule has 5 atom stereocenters. The van der Waals surface area contributed by atoms with E-state index in [1.54, 1.807) is 12.3 Å². The Kier molecular flexibility index (Phi) is 6.71. The molecule has 2 saturated carbocycles. The molecule has 3 aliphatic carbocycles. The highest BCUT2D eigenvalue weighted by Crippen LogP contribution is 2.62. The molecule has 6 nitrogen and oxygen atoms in total. The van der Waals surface area contributed by atoms with Gasteiger partial charge in [-0.1, -0.05) is 30.8 Å². The van der Waals surface area contributed by atoms with Crippen molar-refractivity contribution in [2.75, 3.05) is 11.9 Å². The lowest BCUT2D eigenvalue weighted by Gasteiger charge is -2.50. The molecule has 1 aromatic carbocycles. The maximum absolute atomic E-state index is 12.8. The number of phenolic OH excluding ortho intramolecular Hbond substituents is 1. The van der Waals surface area contributed by atoms with Crippen molar-refractivity contribution in [3.05, 3.63) is 53.1 Å². The van der Waals surface area contributed by atoms with Crippen molar-refractivity contribution in [1.29, 1.82) is 0 Å². The molecule has 3 unspecified atom stereocenters. The van der Waals surface area contributed by atoms with E-state index in [1.807, 2.05) is 19.1 Å². The van der Waals surface area contributed by atoms with Gasteiger partial charge in [0.15, 0.2) is 5.13 Å². The summed E-state index contributed by atoms with van der Waals surface area (Å²) in [5.41, 5.74) is 3.85. The highest BCUT2D eigenvalue weighted by molar-refractivity contribution is 7.15. The number of nitrogens with one attached hydrogen (secondary N) is 1. The van der Waals surface area contributed by atoms with Crippen molar-refractivity contribution in [3.8, 4) is 5.75 Å². The van der Waals surface area contributed by atoms with Crippen LogP contribution in [0.15, 0.2) is 42.2 Å². The number of rotatable bonds is 7. The molecule has 35 heavy (non-hydrogen) atoms. The van der Waals surface area contributed by atoms with Gasteiger partial charge in [0, 0.05) is 22.9 Å². The summed E-state index contributed by atoms with van der Waals surface area (Å²) in [5, 5.41) is 18.3. The molecule has 0 aliphatic heterocycles. The van der Waals surface area contributed by atoms with E-state index in [9.17, 15) is 9.90 Å². The summed E-state index contributed by atoms with van der Waals surface area (Å²) in [6.07, 6.45) is 10.0. The third-order valence-corrected chi connectivity index (χ3v) is 9.39. The minimum absolute atomic E-state index is 0.00960. The van der Waals surface area contributed by atoms with Crippen LogP contribution in [0.5, 0.6) is 5.75 Å². The number of oxime groups is 1. The molecule has 0 bridgehead atoms. The average molecular weight is 494 g/mol. The number of thiazole rings is 1. The molecule has 2 N–H and O–H groups in total. The Labute approximate surface area is 211 Å². The number of benzene rings is 1.